The average Bonchev–Trinajstić information content (AvgIpc) is 3.37. The summed E-state index contributed by atoms with van der Waals surface area (Å²) >= 11 is 1.38. The highest BCUT2D eigenvalue weighted by molar-refractivity contribution is 7.22. The molecule has 1 atom stereocenters. The number of hydrogen-bond donors (Lipinski definition) is 1. The van der Waals surface area contributed by atoms with E-state index in [0.29, 0.717) is 10.7 Å². The first-order valence-corrected chi connectivity index (χ1v) is 12.7. The first kappa shape index (κ1) is 23.9. The van der Waals surface area contributed by atoms with Crippen LogP contribution in [0, 0.1) is 13.8 Å². The molecule has 1 aliphatic heterocycles. The van der Waals surface area contributed by atoms with E-state index < -0.39 is 17.7 Å². The maximum absolute atomic E-state index is 13.5. The van der Waals surface area contributed by atoms with Gasteiger partial charge in [0.2, 0.25) is 0 Å². The predicted octanol–water partition coefficient (Wildman–Crippen LogP) is 6.84. The second kappa shape index (κ2) is 8.71. The van der Waals surface area contributed by atoms with Crippen molar-refractivity contribution in [3.63, 3.8) is 0 Å². The maximum atomic E-state index is 13.5. The van der Waals surface area contributed by atoms with Crippen LogP contribution in [0.3, 0.4) is 0 Å². The molecule has 1 amide bonds. The molecule has 0 radical (unpaired) electrons. The number of carbonyl (C=O) groups excluding carboxylic acids is 2. The first-order valence-electron chi connectivity index (χ1n) is 11.9. The van der Waals surface area contributed by atoms with Gasteiger partial charge in [0.05, 0.1) is 21.8 Å². The molecule has 0 aliphatic carbocycles. The highest BCUT2D eigenvalue weighted by Gasteiger charge is 2.48. The van der Waals surface area contributed by atoms with E-state index in [2.05, 4.69) is 26.8 Å². The van der Waals surface area contributed by atoms with Gasteiger partial charge < -0.3 is 5.11 Å². The normalized spacial score (nSPS) is 17.8. The summed E-state index contributed by atoms with van der Waals surface area (Å²) in [6.45, 7) is 10.4. The Balaban J connectivity index is 1.73. The largest absolute Gasteiger partial charge is 0.507 e. The van der Waals surface area contributed by atoms with Gasteiger partial charge >= 0.3 is 5.91 Å². The van der Waals surface area contributed by atoms with Gasteiger partial charge in [-0.2, -0.15) is 0 Å². The number of aliphatic hydroxyl groups is 1. The predicted molar refractivity (Wildman–Crippen MR) is 145 cm³/mol. The minimum atomic E-state index is -0.791. The summed E-state index contributed by atoms with van der Waals surface area (Å²) in [6, 6.07) is 20.1. The number of hydrogen-bond acceptors (Lipinski definition) is 5. The summed E-state index contributed by atoms with van der Waals surface area (Å²) in [5, 5.41) is 11.7. The van der Waals surface area contributed by atoms with E-state index in [1.165, 1.54) is 16.2 Å². The summed E-state index contributed by atoms with van der Waals surface area (Å²) in [4.78, 5) is 33.1. The zero-order valence-corrected chi connectivity index (χ0v) is 21.8. The van der Waals surface area contributed by atoms with E-state index in [1.807, 2.05) is 50.2 Å². The molecule has 0 saturated carbocycles. The van der Waals surface area contributed by atoms with E-state index in [0.717, 1.165) is 32.5 Å². The number of anilines is 1. The van der Waals surface area contributed by atoms with Crippen LogP contribution in [0.25, 0.3) is 16.0 Å². The van der Waals surface area contributed by atoms with Crippen molar-refractivity contribution in [2.24, 2.45) is 0 Å². The Hall–Kier alpha value is -3.77. The molecule has 1 aromatic heterocycles. The first-order chi connectivity index (χ1) is 17.1. The highest BCUT2D eigenvalue weighted by Crippen LogP contribution is 2.45. The Kier molecular flexibility index (Phi) is 5.80. The minimum absolute atomic E-state index is 0.0488. The quantitative estimate of drug-likeness (QED) is 0.192. The van der Waals surface area contributed by atoms with Crippen LogP contribution in [-0.2, 0) is 15.0 Å². The van der Waals surface area contributed by atoms with Gasteiger partial charge in [0.25, 0.3) is 5.78 Å². The smallest absolute Gasteiger partial charge is 0.301 e. The monoisotopic (exact) mass is 496 g/mol. The fourth-order valence-corrected chi connectivity index (χ4v) is 5.89. The van der Waals surface area contributed by atoms with Crippen molar-refractivity contribution in [2.45, 2.75) is 46.1 Å². The Morgan fingerprint density at radius 3 is 2.28 bits per heavy atom. The maximum Gasteiger partial charge on any atom is 0.301 e. The van der Waals surface area contributed by atoms with Gasteiger partial charge in [-0.3, -0.25) is 14.5 Å². The SMILES string of the molecule is Cc1cc(C)c2nc(N3C(=O)C(=O)/C(=C(/O)c4ccccc4)[C@H]3c3ccc(C(C)(C)C)cc3)sc2c1. The van der Waals surface area contributed by atoms with Gasteiger partial charge in [-0.25, -0.2) is 4.98 Å². The van der Waals surface area contributed by atoms with Crippen LogP contribution >= 0.6 is 11.3 Å². The Morgan fingerprint density at radius 1 is 0.972 bits per heavy atom. The van der Waals surface area contributed by atoms with Crippen LogP contribution in [0.5, 0.6) is 0 Å². The van der Waals surface area contributed by atoms with Crippen LogP contribution < -0.4 is 4.90 Å². The van der Waals surface area contributed by atoms with Crippen molar-refractivity contribution in [3.8, 4) is 0 Å². The molecule has 3 aromatic carbocycles. The molecule has 0 spiro atoms. The van der Waals surface area contributed by atoms with Crippen LogP contribution in [0.2, 0.25) is 0 Å². The molecular formula is C30H28N2O3S. The molecule has 5 rings (SSSR count). The number of fused-ring (bicyclic) bond motifs is 1. The summed E-state index contributed by atoms with van der Waals surface area (Å²) in [6.07, 6.45) is 0. The lowest BCUT2D eigenvalue weighted by atomic mass is 9.85. The molecule has 1 saturated heterocycles. The van der Waals surface area contributed by atoms with E-state index in [1.54, 1.807) is 24.3 Å². The standard InChI is InChI=1S/C30H28N2O3S/c1-17-15-18(2)24-22(16-17)36-29(31-24)32-25(19-11-13-21(14-12-19)30(3,4)5)23(27(34)28(32)35)26(33)20-9-7-6-8-10-20/h6-16,25,33H,1-5H3/b26-23+/t25-/m1/s1. The number of benzene rings is 3. The highest BCUT2D eigenvalue weighted by atomic mass is 32.1. The third-order valence-electron chi connectivity index (χ3n) is 6.61. The Morgan fingerprint density at radius 2 is 1.64 bits per heavy atom. The number of ketones is 1. The molecular weight excluding hydrogens is 468 g/mol. The van der Waals surface area contributed by atoms with E-state index in [-0.39, 0.29) is 16.7 Å². The number of nitrogens with zero attached hydrogens (tertiary/aromatic N) is 2. The molecule has 1 N–H and O–H groups in total. The molecule has 1 aliphatic rings. The minimum Gasteiger partial charge on any atom is -0.507 e. The molecule has 4 aromatic rings. The zero-order valence-electron chi connectivity index (χ0n) is 21.0. The van der Waals surface area contributed by atoms with Gasteiger partial charge in [-0.05, 0) is 47.6 Å². The molecule has 0 bridgehead atoms. The second-order valence-electron chi connectivity index (χ2n) is 10.3. The van der Waals surface area contributed by atoms with Gasteiger partial charge in [0.15, 0.2) is 5.13 Å². The molecule has 5 nitrogen and oxygen atoms in total. The van der Waals surface area contributed by atoms with Crippen molar-refractivity contribution in [1.82, 2.24) is 4.98 Å². The number of Topliss-reactive ketones (excluding diaryl/α,β-unsaturated/α-hetero) is 1. The fraction of sp³-hybridized carbons (Fsp3) is 0.233. The van der Waals surface area contributed by atoms with Crippen molar-refractivity contribution in [1.29, 1.82) is 0 Å². The Bertz CT molecular complexity index is 1530. The van der Waals surface area contributed by atoms with Crippen molar-refractivity contribution in [2.75, 3.05) is 4.90 Å². The van der Waals surface area contributed by atoms with E-state index in [9.17, 15) is 14.7 Å². The van der Waals surface area contributed by atoms with Crippen molar-refractivity contribution in [3.05, 3.63) is 100 Å². The van der Waals surface area contributed by atoms with Gasteiger partial charge in [-0.1, -0.05) is 92.8 Å². The number of aryl methyl sites for hydroxylation is 2. The lowest BCUT2D eigenvalue weighted by Gasteiger charge is -2.24. The summed E-state index contributed by atoms with van der Waals surface area (Å²) in [7, 11) is 0. The number of thiazole rings is 1. The molecule has 2 heterocycles. The van der Waals surface area contributed by atoms with Crippen molar-refractivity contribution >= 4 is 44.1 Å². The third kappa shape index (κ3) is 4.01. The van der Waals surface area contributed by atoms with Gasteiger partial charge in [-0.15, -0.1) is 0 Å². The topological polar surface area (TPSA) is 70.5 Å². The summed E-state index contributed by atoms with van der Waals surface area (Å²) in [5.74, 6) is -1.59. The lowest BCUT2D eigenvalue weighted by molar-refractivity contribution is -0.132. The summed E-state index contributed by atoms with van der Waals surface area (Å²) < 4.78 is 0.953. The van der Waals surface area contributed by atoms with E-state index >= 15 is 0 Å². The Labute approximate surface area is 214 Å². The van der Waals surface area contributed by atoms with Crippen LogP contribution in [0.15, 0.2) is 72.3 Å². The van der Waals surface area contributed by atoms with Gasteiger partial charge in [0, 0.05) is 5.56 Å². The van der Waals surface area contributed by atoms with Crippen LogP contribution in [0.1, 0.15) is 54.6 Å². The van der Waals surface area contributed by atoms with Crippen molar-refractivity contribution < 1.29 is 14.7 Å². The number of amides is 1. The number of rotatable bonds is 3. The molecule has 6 heteroatoms. The molecule has 182 valence electrons. The number of aliphatic hydroxyl groups excluding tert-OH is 1. The number of aromatic nitrogens is 1. The fourth-order valence-electron chi connectivity index (χ4n) is 4.72. The van der Waals surface area contributed by atoms with Crippen LogP contribution in [0.4, 0.5) is 5.13 Å². The molecule has 36 heavy (non-hydrogen) atoms. The average molecular weight is 497 g/mol. The third-order valence-corrected chi connectivity index (χ3v) is 7.61. The molecule has 1 fully saturated rings. The summed E-state index contributed by atoms with van der Waals surface area (Å²) in [5.41, 5.74) is 5.32. The molecule has 0 unspecified atom stereocenters. The second-order valence-corrected chi connectivity index (χ2v) is 11.3. The lowest BCUT2D eigenvalue weighted by Crippen LogP contribution is -2.29. The number of carbonyl (C=O) groups is 2. The van der Waals surface area contributed by atoms with Gasteiger partial charge in [0.1, 0.15) is 5.76 Å². The van der Waals surface area contributed by atoms with E-state index in [4.69, 9.17) is 4.98 Å². The zero-order chi connectivity index (χ0) is 25.8. The van der Waals surface area contributed by atoms with Crippen LogP contribution in [-0.4, -0.2) is 21.8 Å².